The zero-order valence-corrected chi connectivity index (χ0v) is 12.8. The number of aromatic hydroxyl groups is 1. The van der Waals surface area contributed by atoms with Crippen LogP contribution in [0.2, 0.25) is 0 Å². The predicted octanol–water partition coefficient (Wildman–Crippen LogP) is 2.81. The molecule has 1 aromatic rings. The fraction of sp³-hybridized carbons (Fsp3) is 0.533. The van der Waals surface area contributed by atoms with Crippen LogP contribution in [0.3, 0.4) is 0 Å². The molecule has 1 saturated carbocycles. The van der Waals surface area contributed by atoms with Gasteiger partial charge in [-0.3, -0.25) is 4.79 Å². The summed E-state index contributed by atoms with van der Waals surface area (Å²) >= 11 is 1.84. The number of phenolic OH excluding ortho intramolecular Hbond substituents is 1. The number of hydrogen-bond donors (Lipinski definition) is 2. The van der Waals surface area contributed by atoms with Crippen LogP contribution in [-0.2, 0) is 0 Å². The maximum atomic E-state index is 12.1. The van der Waals surface area contributed by atoms with E-state index in [0.29, 0.717) is 17.9 Å². The fourth-order valence-corrected chi connectivity index (χ4v) is 3.56. The minimum atomic E-state index is -0.150. The summed E-state index contributed by atoms with van der Waals surface area (Å²) in [6, 6.07) is 4.70. The number of amides is 1. The number of nitrogens with one attached hydrogen (secondary N) is 1. The molecular weight excluding hydrogens is 274 g/mol. The number of carbonyl (C=O) groups is 1. The summed E-state index contributed by atoms with van der Waals surface area (Å²) in [6.07, 6.45) is 6.89. The molecule has 1 aromatic carbocycles. The summed E-state index contributed by atoms with van der Waals surface area (Å²) < 4.78 is 5.15. The maximum absolute atomic E-state index is 12.1. The van der Waals surface area contributed by atoms with Gasteiger partial charge >= 0.3 is 0 Å². The van der Waals surface area contributed by atoms with E-state index in [2.05, 4.69) is 11.6 Å². The summed E-state index contributed by atoms with van der Waals surface area (Å²) in [6.45, 7) is 0.680. The summed E-state index contributed by atoms with van der Waals surface area (Å²) in [7, 11) is 1.48. The normalized spacial score (nSPS) is 16.9. The van der Waals surface area contributed by atoms with Crippen LogP contribution in [0.4, 0.5) is 0 Å². The SMILES string of the molecule is COc1ccc(C(=O)NCC2(SC)CCCC2)cc1O. The quantitative estimate of drug-likeness (QED) is 0.877. The van der Waals surface area contributed by atoms with Crippen molar-refractivity contribution in [1.82, 2.24) is 5.32 Å². The molecule has 0 unspecified atom stereocenters. The van der Waals surface area contributed by atoms with Crippen molar-refractivity contribution in [2.24, 2.45) is 0 Å². The highest BCUT2D eigenvalue weighted by Crippen LogP contribution is 2.39. The van der Waals surface area contributed by atoms with E-state index in [9.17, 15) is 9.90 Å². The molecule has 1 amide bonds. The molecule has 0 bridgehead atoms. The van der Waals surface area contributed by atoms with E-state index in [4.69, 9.17) is 4.74 Å². The van der Waals surface area contributed by atoms with Crippen LogP contribution in [0.25, 0.3) is 0 Å². The highest BCUT2D eigenvalue weighted by molar-refractivity contribution is 8.00. The second-order valence-corrected chi connectivity index (χ2v) is 6.44. The van der Waals surface area contributed by atoms with E-state index < -0.39 is 0 Å². The fourth-order valence-electron chi connectivity index (χ4n) is 2.65. The van der Waals surface area contributed by atoms with Crippen molar-refractivity contribution in [2.75, 3.05) is 19.9 Å². The van der Waals surface area contributed by atoms with Crippen LogP contribution in [-0.4, -0.2) is 35.7 Å². The molecule has 20 heavy (non-hydrogen) atoms. The number of benzene rings is 1. The number of thioether (sulfide) groups is 1. The molecule has 1 aliphatic carbocycles. The van der Waals surface area contributed by atoms with Crippen molar-refractivity contribution in [3.05, 3.63) is 23.8 Å². The van der Waals surface area contributed by atoms with E-state index in [0.717, 1.165) is 12.8 Å². The lowest BCUT2D eigenvalue weighted by Gasteiger charge is -2.26. The Kier molecular flexibility index (Phi) is 4.81. The molecule has 2 rings (SSSR count). The number of carbonyl (C=O) groups excluding carboxylic acids is 1. The average Bonchev–Trinajstić information content (AvgIpc) is 2.94. The summed E-state index contributed by atoms with van der Waals surface area (Å²) in [5.74, 6) is 0.210. The molecule has 5 heteroatoms. The average molecular weight is 295 g/mol. The second-order valence-electron chi connectivity index (χ2n) is 5.16. The molecule has 0 atom stereocenters. The van der Waals surface area contributed by atoms with Gasteiger partial charge in [0.1, 0.15) is 0 Å². The Bertz CT molecular complexity index is 484. The molecule has 4 nitrogen and oxygen atoms in total. The van der Waals surface area contributed by atoms with Crippen LogP contribution in [0.5, 0.6) is 11.5 Å². The first-order valence-corrected chi connectivity index (χ1v) is 8.03. The van der Waals surface area contributed by atoms with Gasteiger partial charge in [-0.15, -0.1) is 0 Å². The van der Waals surface area contributed by atoms with Gasteiger partial charge in [-0.05, 0) is 37.3 Å². The molecule has 0 aromatic heterocycles. The van der Waals surface area contributed by atoms with Crippen molar-refractivity contribution in [3.8, 4) is 11.5 Å². The third-order valence-corrected chi connectivity index (χ3v) is 5.38. The molecule has 1 aliphatic rings. The Morgan fingerprint density at radius 1 is 1.45 bits per heavy atom. The van der Waals surface area contributed by atoms with Crippen LogP contribution in [0.15, 0.2) is 18.2 Å². The van der Waals surface area contributed by atoms with Gasteiger partial charge < -0.3 is 15.2 Å². The minimum Gasteiger partial charge on any atom is -0.504 e. The lowest BCUT2D eigenvalue weighted by molar-refractivity contribution is 0.0949. The summed E-state index contributed by atoms with van der Waals surface area (Å²) in [5, 5.41) is 12.7. The number of methoxy groups -OCH3 is 1. The maximum Gasteiger partial charge on any atom is 0.251 e. The molecular formula is C15H21NO3S. The number of hydrogen-bond acceptors (Lipinski definition) is 4. The van der Waals surface area contributed by atoms with Gasteiger partial charge in [-0.2, -0.15) is 11.8 Å². The Balaban J connectivity index is 1.99. The Hall–Kier alpha value is -1.36. The van der Waals surface area contributed by atoms with Gasteiger partial charge in [-0.25, -0.2) is 0 Å². The smallest absolute Gasteiger partial charge is 0.251 e. The van der Waals surface area contributed by atoms with Gasteiger partial charge in [0, 0.05) is 16.9 Å². The standard InChI is InChI=1S/C15H21NO3S/c1-19-13-6-5-11(9-12(13)17)14(18)16-10-15(20-2)7-3-4-8-15/h5-6,9,17H,3-4,7-8,10H2,1-2H3,(H,16,18). The third kappa shape index (κ3) is 3.20. The van der Waals surface area contributed by atoms with Gasteiger partial charge in [0.25, 0.3) is 5.91 Å². The first kappa shape index (κ1) is 15.0. The Labute approximate surface area is 123 Å². The lowest BCUT2D eigenvalue weighted by Crippen LogP contribution is -2.38. The first-order chi connectivity index (χ1) is 9.60. The Morgan fingerprint density at radius 2 is 2.15 bits per heavy atom. The topological polar surface area (TPSA) is 58.6 Å². The van der Waals surface area contributed by atoms with E-state index >= 15 is 0 Å². The van der Waals surface area contributed by atoms with E-state index in [1.807, 2.05) is 11.8 Å². The molecule has 0 saturated heterocycles. The molecule has 0 heterocycles. The molecule has 0 spiro atoms. The molecule has 0 radical (unpaired) electrons. The van der Waals surface area contributed by atoms with Crippen molar-refractivity contribution >= 4 is 17.7 Å². The van der Waals surface area contributed by atoms with E-state index in [1.165, 1.54) is 26.0 Å². The highest BCUT2D eigenvalue weighted by atomic mass is 32.2. The molecule has 2 N–H and O–H groups in total. The van der Waals surface area contributed by atoms with E-state index in [-0.39, 0.29) is 16.4 Å². The highest BCUT2D eigenvalue weighted by Gasteiger charge is 2.33. The third-order valence-electron chi connectivity index (χ3n) is 3.96. The predicted molar refractivity (Wildman–Crippen MR) is 81.7 cm³/mol. The van der Waals surface area contributed by atoms with Gasteiger partial charge in [-0.1, -0.05) is 12.8 Å². The molecule has 0 aliphatic heterocycles. The van der Waals surface area contributed by atoms with Crippen LogP contribution >= 0.6 is 11.8 Å². The van der Waals surface area contributed by atoms with Crippen molar-refractivity contribution in [3.63, 3.8) is 0 Å². The monoisotopic (exact) mass is 295 g/mol. The number of ether oxygens (including phenoxy) is 1. The second kappa shape index (κ2) is 6.39. The zero-order valence-electron chi connectivity index (χ0n) is 11.9. The molecule has 110 valence electrons. The molecule has 1 fully saturated rings. The summed E-state index contributed by atoms with van der Waals surface area (Å²) in [5.41, 5.74) is 0.456. The van der Waals surface area contributed by atoms with Gasteiger partial charge in [0.05, 0.1) is 7.11 Å². The number of rotatable bonds is 5. The lowest BCUT2D eigenvalue weighted by atomic mass is 10.1. The Morgan fingerprint density at radius 3 is 2.70 bits per heavy atom. The summed E-state index contributed by atoms with van der Waals surface area (Å²) in [4.78, 5) is 12.1. The largest absolute Gasteiger partial charge is 0.504 e. The van der Waals surface area contributed by atoms with Gasteiger partial charge in [0.2, 0.25) is 0 Å². The van der Waals surface area contributed by atoms with Crippen molar-refractivity contribution in [1.29, 1.82) is 0 Å². The van der Waals surface area contributed by atoms with Crippen molar-refractivity contribution in [2.45, 2.75) is 30.4 Å². The first-order valence-electron chi connectivity index (χ1n) is 6.80. The van der Waals surface area contributed by atoms with Gasteiger partial charge in [0.15, 0.2) is 11.5 Å². The zero-order chi connectivity index (χ0) is 14.6. The van der Waals surface area contributed by atoms with Crippen molar-refractivity contribution < 1.29 is 14.6 Å². The van der Waals surface area contributed by atoms with E-state index in [1.54, 1.807) is 12.1 Å². The van der Waals surface area contributed by atoms with Crippen LogP contribution in [0.1, 0.15) is 36.0 Å². The number of phenols is 1. The van der Waals surface area contributed by atoms with Crippen LogP contribution in [0, 0.1) is 0 Å². The minimum absolute atomic E-state index is 0.0133. The van der Waals surface area contributed by atoms with Crippen LogP contribution < -0.4 is 10.1 Å².